The van der Waals surface area contributed by atoms with E-state index in [1.54, 1.807) is 0 Å². The van der Waals surface area contributed by atoms with Crippen LogP contribution in [0.1, 0.15) is 39.5 Å². The van der Waals surface area contributed by atoms with Crippen molar-refractivity contribution in [1.29, 1.82) is 0 Å². The summed E-state index contributed by atoms with van der Waals surface area (Å²) in [6.45, 7) is 4.50. The van der Waals surface area contributed by atoms with Crippen LogP contribution in [0.5, 0.6) is 0 Å². The van der Waals surface area contributed by atoms with Crippen LogP contribution in [-0.4, -0.2) is 36.2 Å². The molecule has 0 aromatic heterocycles. The molecular weight excluding hydrogens is 222 g/mol. The second-order valence-corrected chi connectivity index (χ2v) is 5.80. The smallest absolute Gasteiger partial charge is 0.326 e. The van der Waals surface area contributed by atoms with Gasteiger partial charge in [0.25, 0.3) is 0 Å². The second kappa shape index (κ2) is 6.50. The molecule has 2 unspecified atom stereocenters. The van der Waals surface area contributed by atoms with E-state index in [0.29, 0.717) is 11.9 Å². The fraction of sp³-hybridized carbons (Fsp3) is 0.917. The highest BCUT2D eigenvalue weighted by Crippen LogP contribution is 2.35. The quantitative estimate of drug-likeness (QED) is 0.754. The molecule has 0 radical (unpaired) electrons. The van der Waals surface area contributed by atoms with E-state index in [4.69, 9.17) is 4.74 Å². The molecule has 0 aromatic rings. The largest absolute Gasteiger partial charge is 0.465 e. The molecule has 0 spiro atoms. The SMILES string of the molecule is CCOC(=O)C1(NC)CCCC(SCC)C1. The van der Waals surface area contributed by atoms with E-state index in [2.05, 4.69) is 12.2 Å². The molecular formula is C12H23NO2S. The Hall–Kier alpha value is -0.220. The lowest BCUT2D eigenvalue weighted by Gasteiger charge is -2.38. The van der Waals surface area contributed by atoms with Gasteiger partial charge in [0.1, 0.15) is 5.54 Å². The second-order valence-electron chi connectivity index (χ2n) is 4.23. The first-order chi connectivity index (χ1) is 7.68. The van der Waals surface area contributed by atoms with E-state index in [1.807, 2.05) is 25.7 Å². The minimum absolute atomic E-state index is 0.0705. The molecule has 1 rings (SSSR count). The van der Waals surface area contributed by atoms with E-state index >= 15 is 0 Å². The summed E-state index contributed by atoms with van der Waals surface area (Å²) in [6, 6.07) is 0. The van der Waals surface area contributed by atoms with Gasteiger partial charge in [-0.2, -0.15) is 11.8 Å². The van der Waals surface area contributed by atoms with Crippen molar-refractivity contribution in [3.8, 4) is 0 Å². The van der Waals surface area contributed by atoms with Gasteiger partial charge in [0.15, 0.2) is 0 Å². The number of carbonyl (C=O) groups is 1. The van der Waals surface area contributed by atoms with E-state index in [1.165, 1.54) is 6.42 Å². The van der Waals surface area contributed by atoms with Crippen LogP contribution in [0.3, 0.4) is 0 Å². The van der Waals surface area contributed by atoms with Crippen LogP contribution in [0.4, 0.5) is 0 Å². The molecule has 1 aliphatic carbocycles. The van der Waals surface area contributed by atoms with Gasteiger partial charge in [0, 0.05) is 5.25 Å². The highest BCUT2D eigenvalue weighted by Gasteiger charge is 2.42. The fourth-order valence-corrected chi connectivity index (χ4v) is 3.59. The number of esters is 1. The molecule has 0 heterocycles. The van der Waals surface area contributed by atoms with Crippen molar-refractivity contribution in [1.82, 2.24) is 5.32 Å². The summed E-state index contributed by atoms with van der Waals surface area (Å²) in [5, 5.41) is 3.80. The van der Waals surface area contributed by atoms with E-state index in [-0.39, 0.29) is 5.97 Å². The maximum absolute atomic E-state index is 12.0. The predicted molar refractivity (Wildman–Crippen MR) is 68.8 cm³/mol. The Kier molecular flexibility index (Phi) is 5.62. The Labute approximate surface area is 103 Å². The van der Waals surface area contributed by atoms with Crippen molar-refractivity contribution < 1.29 is 9.53 Å². The third kappa shape index (κ3) is 3.14. The van der Waals surface area contributed by atoms with E-state index in [0.717, 1.165) is 25.0 Å². The highest BCUT2D eigenvalue weighted by molar-refractivity contribution is 7.99. The summed E-state index contributed by atoms with van der Waals surface area (Å²) in [6.07, 6.45) is 4.14. The lowest BCUT2D eigenvalue weighted by atomic mass is 9.81. The van der Waals surface area contributed by atoms with Gasteiger partial charge in [-0.3, -0.25) is 4.79 Å². The van der Waals surface area contributed by atoms with Gasteiger partial charge in [-0.1, -0.05) is 6.92 Å². The van der Waals surface area contributed by atoms with Gasteiger partial charge >= 0.3 is 5.97 Å². The first kappa shape index (κ1) is 13.8. The highest BCUT2D eigenvalue weighted by atomic mass is 32.2. The fourth-order valence-electron chi connectivity index (χ4n) is 2.39. The monoisotopic (exact) mass is 245 g/mol. The molecule has 0 aliphatic heterocycles. The van der Waals surface area contributed by atoms with Crippen molar-refractivity contribution in [3.05, 3.63) is 0 Å². The van der Waals surface area contributed by atoms with E-state index in [9.17, 15) is 4.79 Å². The van der Waals surface area contributed by atoms with Crippen LogP contribution in [0.15, 0.2) is 0 Å². The van der Waals surface area contributed by atoms with Gasteiger partial charge in [0.2, 0.25) is 0 Å². The number of carbonyl (C=O) groups excluding carboxylic acids is 1. The Morgan fingerprint density at radius 1 is 1.56 bits per heavy atom. The zero-order chi connectivity index (χ0) is 12.0. The number of hydrogen-bond donors (Lipinski definition) is 1. The van der Waals surface area contributed by atoms with Gasteiger partial charge in [0.05, 0.1) is 6.61 Å². The Morgan fingerprint density at radius 3 is 2.88 bits per heavy atom. The normalized spacial score (nSPS) is 30.1. The third-order valence-corrected chi connectivity index (χ3v) is 4.46. The molecule has 1 N–H and O–H groups in total. The Morgan fingerprint density at radius 2 is 2.31 bits per heavy atom. The topological polar surface area (TPSA) is 38.3 Å². The average Bonchev–Trinajstić information content (AvgIpc) is 2.30. The summed E-state index contributed by atoms with van der Waals surface area (Å²) >= 11 is 1.96. The van der Waals surface area contributed by atoms with Crippen molar-refractivity contribution in [2.75, 3.05) is 19.4 Å². The van der Waals surface area contributed by atoms with Crippen LogP contribution in [0.2, 0.25) is 0 Å². The van der Waals surface area contributed by atoms with Crippen molar-refractivity contribution in [2.45, 2.75) is 50.3 Å². The van der Waals surface area contributed by atoms with Crippen molar-refractivity contribution in [2.24, 2.45) is 0 Å². The summed E-state index contributed by atoms with van der Waals surface area (Å²) in [4.78, 5) is 12.0. The predicted octanol–water partition coefficient (Wildman–Crippen LogP) is 2.20. The summed E-state index contributed by atoms with van der Waals surface area (Å²) in [7, 11) is 1.87. The van der Waals surface area contributed by atoms with Crippen molar-refractivity contribution >= 4 is 17.7 Å². The zero-order valence-electron chi connectivity index (χ0n) is 10.5. The van der Waals surface area contributed by atoms with Crippen LogP contribution < -0.4 is 5.32 Å². The average molecular weight is 245 g/mol. The van der Waals surface area contributed by atoms with Crippen LogP contribution in [-0.2, 0) is 9.53 Å². The lowest BCUT2D eigenvalue weighted by Crippen LogP contribution is -2.54. The molecule has 1 aliphatic rings. The molecule has 16 heavy (non-hydrogen) atoms. The minimum atomic E-state index is -0.429. The lowest BCUT2D eigenvalue weighted by molar-refractivity contribution is -0.152. The van der Waals surface area contributed by atoms with Gasteiger partial charge < -0.3 is 10.1 Å². The molecule has 4 heteroatoms. The first-order valence-electron chi connectivity index (χ1n) is 6.16. The number of nitrogens with one attached hydrogen (secondary N) is 1. The Bertz CT molecular complexity index is 233. The maximum Gasteiger partial charge on any atom is 0.326 e. The molecule has 3 nitrogen and oxygen atoms in total. The summed E-state index contributed by atoms with van der Waals surface area (Å²) in [5.74, 6) is 1.05. The van der Waals surface area contributed by atoms with Gasteiger partial charge in [-0.25, -0.2) is 0 Å². The zero-order valence-corrected chi connectivity index (χ0v) is 11.4. The van der Waals surface area contributed by atoms with Crippen LogP contribution >= 0.6 is 11.8 Å². The van der Waals surface area contributed by atoms with Crippen LogP contribution in [0, 0.1) is 0 Å². The molecule has 0 aromatic carbocycles. The van der Waals surface area contributed by atoms with Gasteiger partial charge in [-0.15, -0.1) is 0 Å². The molecule has 1 saturated carbocycles. The molecule has 94 valence electrons. The molecule has 0 saturated heterocycles. The number of likely N-dealkylation sites (N-methyl/N-ethyl adjacent to an activating group) is 1. The number of hydrogen-bond acceptors (Lipinski definition) is 4. The van der Waals surface area contributed by atoms with E-state index < -0.39 is 5.54 Å². The molecule has 0 bridgehead atoms. The summed E-state index contributed by atoms with van der Waals surface area (Å²) < 4.78 is 5.19. The molecule has 1 fully saturated rings. The summed E-state index contributed by atoms with van der Waals surface area (Å²) in [5.41, 5.74) is -0.429. The molecule has 2 atom stereocenters. The number of thioether (sulfide) groups is 1. The molecule has 0 amide bonds. The van der Waals surface area contributed by atoms with Gasteiger partial charge in [-0.05, 0) is 45.4 Å². The number of ether oxygens (including phenoxy) is 1. The minimum Gasteiger partial charge on any atom is -0.465 e. The first-order valence-corrected chi connectivity index (χ1v) is 7.21. The maximum atomic E-state index is 12.0. The Balaban J connectivity index is 2.66. The standard InChI is InChI=1S/C12H23NO2S/c1-4-15-11(14)12(13-3)8-6-7-10(9-12)16-5-2/h10,13H,4-9H2,1-3H3. The third-order valence-electron chi connectivity index (χ3n) is 3.25. The van der Waals surface area contributed by atoms with Crippen molar-refractivity contribution in [3.63, 3.8) is 0 Å². The van der Waals surface area contributed by atoms with Crippen LogP contribution in [0.25, 0.3) is 0 Å². The number of rotatable bonds is 5.